The molecule has 0 aliphatic carbocycles. The molecule has 4 aromatic carbocycles. The summed E-state index contributed by atoms with van der Waals surface area (Å²) in [6.45, 7) is 4.16. The molecule has 49 heavy (non-hydrogen) atoms. The zero-order valence-corrected chi connectivity index (χ0v) is 28.6. The molecular weight excluding hydrogens is 642 g/mol. The zero-order valence-electron chi connectivity index (χ0n) is 27.8. The maximum absolute atomic E-state index is 13.6. The number of unbranched alkanes of at least 4 members (excludes halogenated alkanes) is 1. The minimum Gasteiger partial charge on any atom is -0.493 e. The molecule has 3 N–H and O–H groups in total. The highest BCUT2D eigenvalue weighted by Crippen LogP contribution is 2.29. The van der Waals surface area contributed by atoms with E-state index < -0.39 is 23.0 Å². The van der Waals surface area contributed by atoms with Crippen LogP contribution in [-0.4, -0.2) is 49.8 Å². The highest BCUT2D eigenvalue weighted by Gasteiger charge is 2.18. The lowest BCUT2D eigenvalue weighted by atomic mass is 10.1. The molecule has 0 spiro atoms. The van der Waals surface area contributed by atoms with Crippen LogP contribution in [0.25, 0.3) is 6.08 Å². The monoisotopic (exact) mass is 681 g/mol. The summed E-state index contributed by atoms with van der Waals surface area (Å²) in [5, 5.41) is 7.96. The zero-order chi connectivity index (χ0) is 35.2. The lowest BCUT2D eigenvalue weighted by molar-refractivity contribution is -0.115. The molecule has 0 aliphatic rings. The van der Waals surface area contributed by atoms with Gasteiger partial charge in [-0.3, -0.25) is 14.4 Å². The van der Waals surface area contributed by atoms with E-state index >= 15 is 0 Å². The first-order chi connectivity index (χ1) is 23.7. The summed E-state index contributed by atoms with van der Waals surface area (Å²) < 4.78 is 15.9. The topological polar surface area (TPSA) is 132 Å². The van der Waals surface area contributed by atoms with Crippen LogP contribution in [0.5, 0.6) is 11.5 Å². The Hall–Kier alpha value is -5.55. The number of rotatable bonds is 15. The Morgan fingerprint density at radius 3 is 2.20 bits per heavy atom. The van der Waals surface area contributed by atoms with Crippen molar-refractivity contribution in [3.63, 3.8) is 0 Å². The second kappa shape index (κ2) is 18.1. The summed E-state index contributed by atoms with van der Waals surface area (Å²) >= 11 is 1.31. The van der Waals surface area contributed by atoms with Crippen molar-refractivity contribution < 1.29 is 33.4 Å². The molecule has 3 amide bonds. The summed E-state index contributed by atoms with van der Waals surface area (Å²) in [6.07, 6.45) is 3.28. The van der Waals surface area contributed by atoms with Crippen LogP contribution < -0.4 is 25.4 Å². The SMILES string of the molecule is CCCCOC(=O)c1ccc(NC(=O)C(C)Sc2cccc(NC(=O)/C(=C\c3ccc(OC)c(OC)c3)NC(=O)c3ccccc3)c2)cc1. The molecule has 0 aromatic heterocycles. The molecule has 0 bridgehead atoms. The van der Waals surface area contributed by atoms with Crippen LogP contribution in [0.3, 0.4) is 0 Å². The fourth-order valence-corrected chi connectivity index (χ4v) is 5.41. The van der Waals surface area contributed by atoms with Gasteiger partial charge in [-0.2, -0.15) is 0 Å². The van der Waals surface area contributed by atoms with Crippen molar-refractivity contribution in [2.45, 2.75) is 36.8 Å². The molecule has 11 heteroatoms. The van der Waals surface area contributed by atoms with Crippen LogP contribution in [0, 0.1) is 0 Å². The number of carbonyl (C=O) groups excluding carboxylic acids is 4. The van der Waals surface area contributed by atoms with Crippen LogP contribution in [0.15, 0.2) is 108 Å². The minimum absolute atomic E-state index is 0.00659. The highest BCUT2D eigenvalue weighted by molar-refractivity contribution is 8.00. The first-order valence-electron chi connectivity index (χ1n) is 15.7. The molecule has 4 aromatic rings. The quantitative estimate of drug-likeness (QED) is 0.0520. The number of benzene rings is 4. The lowest BCUT2D eigenvalue weighted by Gasteiger charge is -2.14. The third-order valence-electron chi connectivity index (χ3n) is 7.14. The number of ether oxygens (including phenoxy) is 3. The average Bonchev–Trinajstić information content (AvgIpc) is 3.12. The van der Waals surface area contributed by atoms with E-state index in [2.05, 4.69) is 16.0 Å². The molecule has 0 radical (unpaired) electrons. The van der Waals surface area contributed by atoms with Crippen LogP contribution in [-0.2, 0) is 14.3 Å². The Kier molecular flexibility index (Phi) is 13.4. The molecular formula is C38H39N3O7S. The number of methoxy groups -OCH3 is 2. The molecule has 1 atom stereocenters. The predicted molar refractivity (Wildman–Crippen MR) is 192 cm³/mol. The van der Waals surface area contributed by atoms with E-state index in [1.165, 1.54) is 26.0 Å². The van der Waals surface area contributed by atoms with E-state index in [4.69, 9.17) is 14.2 Å². The van der Waals surface area contributed by atoms with Crippen molar-refractivity contribution in [2.24, 2.45) is 0 Å². The maximum Gasteiger partial charge on any atom is 0.338 e. The highest BCUT2D eigenvalue weighted by atomic mass is 32.2. The third kappa shape index (κ3) is 10.7. The Morgan fingerprint density at radius 1 is 0.776 bits per heavy atom. The number of amides is 3. The second-order valence-corrected chi connectivity index (χ2v) is 12.2. The van der Waals surface area contributed by atoms with Gasteiger partial charge in [0.25, 0.3) is 11.8 Å². The maximum atomic E-state index is 13.6. The van der Waals surface area contributed by atoms with Crippen LogP contribution in [0.1, 0.15) is 53.0 Å². The first-order valence-corrected chi connectivity index (χ1v) is 16.5. The van der Waals surface area contributed by atoms with Crippen molar-refractivity contribution in [2.75, 3.05) is 31.5 Å². The average molecular weight is 682 g/mol. The van der Waals surface area contributed by atoms with Crippen molar-refractivity contribution in [1.29, 1.82) is 0 Å². The molecule has 4 rings (SSSR count). The predicted octanol–water partition coefficient (Wildman–Crippen LogP) is 7.19. The summed E-state index contributed by atoms with van der Waals surface area (Å²) in [4.78, 5) is 52.5. The van der Waals surface area contributed by atoms with Gasteiger partial charge < -0.3 is 30.2 Å². The van der Waals surface area contributed by atoms with Crippen LogP contribution in [0.2, 0.25) is 0 Å². The largest absolute Gasteiger partial charge is 0.493 e. The van der Waals surface area contributed by atoms with Gasteiger partial charge in [0.1, 0.15) is 5.70 Å². The summed E-state index contributed by atoms with van der Waals surface area (Å²) in [5.74, 6) is -0.648. The Balaban J connectivity index is 1.44. The minimum atomic E-state index is -0.551. The number of carbonyl (C=O) groups is 4. The van der Waals surface area contributed by atoms with Crippen LogP contribution >= 0.6 is 11.8 Å². The van der Waals surface area contributed by atoms with Crippen molar-refractivity contribution >= 4 is 52.9 Å². The van der Waals surface area contributed by atoms with Gasteiger partial charge in [0.05, 0.1) is 31.6 Å². The molecule has 0 aliphatic heterocycles. The van der Waals surface area contributed by atoms with Gasteiger partial charge in [-0.1, -0.05) is 43.7 Å². The summed E-state index contributed by atoms with van der Waals surface area (Å²) in [6, 6.07) is 27.3. The van der Waals surface area contributed by atoms with E-state index in [-0.39, 0.29) is 11.6 Å². The molecule has 1 unspecified atom stereocenters. The Bertz CT molecular complexity index is 1790. The summed E-state index contributed by atoms with van der Waals surface area (Å²) in [7, 11) is 3.04. The van der Waals surface area contributed by atoms with Crippen molar-refractivity contribution in [3.8, 4) is 11.5 Å². The van der Waals surface area contributed by atoms with Gasteiger partial charge >= 0.3 is 5.97 Å². The van der Waals surface area contributed by atoms with Crippen molar-refractivity contribution in [1.82, 2.24) is 5.32 Å². The van der Waals surface area contributed by atoms with E-state index in [9.17, 15) is 19.2 Å². The summed E-state index contributed by atoms with van der Waals surface area (Å²) in [5.41, 5.74) is 2.43. The number of hydrogen-bond donors (Lipinski definition) is 3. The van der Waals surface area contributed by atoms with Gasteiger partial charge in [0, 0.05) is 21.8 Å². The van der Waals surface area contributed by atoms with Crippen molar-refractivity contribution in [3.05, 3.63) is 119 Å². The molecule has 254 valence electrons. The number of esters is 1. The molecule has 0 saturated carbocycles. The van der Waals surface area contributed by atoms with Crippen LogP contribution in [0.4, 0.5) is 11.4 Å². The fourth-order valence-electron chi connectivity index (χ4n) is 4.48. The number of hydrogen-bond acceptors (Lipinski definition) is 8. The fraction of sp³-hybridized carbons (Fsp3) is 0.211. The molecule has 0 fully saturated rings. The Morgan fingerprint density at radius 2 is 1.51 bits per heavy atom. The van der Waals surface area contributed by atoms with E-state index in [0.717, 1.165) is 17.7 Å². The van der Waals surface area contributed by atoms with E-state index in [1.54, 1.807) is 104 Å². The Labute approximate surface area is 290 Å². The standard InChI is InChI=1S/C38H39N3O7S/c1-5-6-21-48-38(45)28-16-18-29(19-17-28)39-35(42)25(2)49-31-14-10-13-30(24-31)40-37(44)32(41-36(43)27-11-8-7-9-12-27)22-26-15-20-33(46-3)34(23-26)47-4/h7-20,22-25H,5-6,21H2,1-4H3,(H,39,42)(H,40,44)(H,41,43)/b32-22+. The molecule has 0 heterocycles. The smallest absolute Gasteiger partial charge is 0.338 e. The third-order valence-corrected chi connectivity index (χ3v) is 8.23. The van der Waals surface area contributed by atoms with Gasteiger partial charge in [-0.05, 0) is 91.7 Å². The van der Waals surface area contributed by atoms with Gasteiger partial charge in [0.15, 0.2) is 11.5 Å². The normalized spacial score (nSPS) is 11.6. The molecule has 10 nitrogen and oxygen atoms in total. The molecule has 0 saturated heterocycles. The lowest BCUT2D eigenvalue weighted by Crippen LogP contribution is -2.30. The number of anilines is 2. The van der Waals surface area contributed by atoms with E-state index in [1.807, 2.05) is 13.0 Å². The van der Waals surface area contributed by atoms with E-state index in [0.29, 0.717) is 46.2 Å². The number of nitrogens with one attached hydrogen (secondary N) is 3. The van der Waals surface area contributed by atoms with Gasteiger partial charge in [-0.25, -0.2) is 4.79 Å². The second-order valence-electron chi connectivity index (χ2n) is 10.8. The van der Waals surface area contributed by atoms with Gasteiger partial charge in [0.2, 0.25) is 5.91 Å². The number of thioether (sulfide) groups is 1. The van der Waals surface area contributed by atoms with Gasteiger partial charge in [-0.15, -0.1) is 11.8 Å². The first kappa shape index (κ1) is 36.3.